The number of nitrogens with zero attached hydrogens (tertiary/aromatic N) is 1. The van der Waals surface area contributed by atoms with Gasteiger partial charge in [-0.1, -0.05) is 17.7 Å². The summed E-state index contributed by atoms with van der Waals surface area (Å²) in [4.78, 5) is 26.4. The molecule has 1 aromatic carbocycles. The third kappa shape index (κ3) is 2.55. The molecule has 1 atom stereocenters. The van der Waals surface area contributed by atoms with Crippen LogP contribution in [0.15, 0.2) is 24.3 Å². The Hall–Kier alpha value is -1.84. The maximum absolute atomic E-state index is 12.6. The number of rotatable bonds is 3. The van der Waals surface area contributed by atoms with E-state index in [1.807, 2.05) is 31.2 Å². The Bertz CT molecular complexity index is 509. The van der Waals surface area contributed by atoms with Crippen molar-refractivity contribution in [2.45, 2.75) is 39.2 Å². The van der Waals surface area contributed by atoms with Crippen molar-refractivity contribution in [1.29, 1.82) is 0 Å². The second-order valence-corrected chi connectivity index (χ2v) is 5.42. The third-order valence-electron chi connectivity index (χ3n) is 3.90. The van der Waals surface area contributed by atoms with Crippen molar-refractivity contribution in [3.05, 3.63) is 35.4 Å². The predicted molar refractivity (Wildman–Crippen MR) is 76.5 cm³/mol. The lowest BCUT2D eigenvalue weighted by molar-refractivity contribution is -0.153. The number of hydrogen-bond donors (Lipinski definition) is 0. The first-order valence-corrected chi connectivity index (χ1v) is 7.05. The molecule has 1 saturated heterocycles. The molecule has 20 heavy (non-hydrogen) atoms. The Kier molecular flexibility index (Phi) is 4.12. The molecule has 0 saturated carbocycles. The number of benzene rings is 1. The molecule has 2 rings (SSSR count). The van der Waals surface area contributed by atoms with Gasteiger partial charge in [0.1, 0.15) is 5.54 Å². The topological polar surface area (TPSA) is 46.6 Å². The molecular weight excluding hydrogens is 254 g/mol. The molecule has 1 heterocycles. The average molecular weight is 275 g/mol. The second-order valence-electron chi connectivity index (χ2n) is 5.42. The van der Waals surface area contributed by atoms with Gasteiger partial charge < -0.3 is 9.64 Å². The van der Waals surface area contributed by atoms with Crippen LogP contribution in [0.4, 0.5) is 0 Å². The van der Waals surface area contributed by atoms with E-state index in [-0.39, 0.29) is 11.9 Å². The molecule has 4 heteroatoms. The fourth-order valence-electron chi connectivity index (χ4n) is 2.64. The predicted octanol–water partition coefficient (Wildman–Crippen LogP) is 2.55. The first-order chi connectivity index (χ1) is 9.49. The highest BCUT2D eigenvalue weighted by Gasteiger charge is 2.47. The summed E-state index contributed by atoms with van der Waals surface area (Å²) in [6.07, 6.45) is 1.48. The van der Waals surface area contributed by atoms with Gasteiger partial charge in [0.2, 0.25) is 0 Å². The standard InChI is InChI=1S/C16H21NO3/c1-4-20-15(19)16(3)10-5-11-17(16)14(18)13-8-6-12(2)7-9-13/h6-9H,4-5,10-11H2,1-3H3. The van der Waals surface area contributed by atoms with Gasteiger partial charge in [0.25, 0.3) is 5.91 Å². The normalized spacial score (nSPS) is 21.9. The van der Waals surface area contributed by atoms with E-state index < -0.39 is 5.54 Å². The van der Waals surface area contributed by atoms with Crippen LogP contribution in [0, 0.1) is 6.92 Å². The fourth-order valence-corrected chi connectivity index (χ4v) is 2.64. The summed E-state index contributed by atoms with van der Waals surface area (Å²) in [5.74, 6) is -0.406. The summed E-state index contributed by atoms with van der Waals surface area (Å²) in [7, 11) is 0. The van der Waals surface area contributed by atoms with Crippen LogP contribution in [-0.4, -0.2) is 35.5 Å². The van der Waals surface area contributed by atoms with Crippen molar-refractivity contribution in [2.75, 3.05) is 13.2 Å². The van der Waals surface area contributed by atoms with E-state index in [4.69, 9.17) is 4.74 Å². The van der Waals surface area contributed by atoms with Crippen LogP contribution in [-0.2, 0) is 9.53 Å². The fraction of sp³-hybridized carbons (Fsp3) is 0.500. The first-order valence-electron chi connectivity index (χ1n) is 7.05. The highest BCUT2D eigenvalue weighted by molar-refractivity contribution is 5.98. The lowest BCUT2D eigenvalue weighted by Crippen LogP contribution is -2.51. The molecule has 0 N–H and O–H groups in total. The van der Waals surface area contributed by atoms with E-state index in [0.717, 1.165) is 12.0 Å². The van der Waals surface area contributed by atoms with Gasteiger partial charge in [-0.05, 0) is 45.7 Å². The zero-order chi connectivity index (χ0) is 14.8. The summed E-state index contributed by atoms with van der Waals surface area (Å²) in [5.41, 5.74) is 0.891. The molecule has 4 nitrogen and oxygen atoms in total. The van der Waals surface area contributed by atoms with Crippen molar-refractivity contribution in [1.82, 2.24) is 4.90 Å². The molecular formula is C16H21NO3. The highest BCUT2D eigenvalue weighted by Crippen LogP contribution is 2.31. The summed E-state index contributed by atoms with van der Waals surface area (Å²) >= 11 is 0. The van der Waals surface area contributed by atoms with Crippen molar-refractivity contribution in [3.8, 4) is 0 Å². The van der Waals surface area contributed by atoms with E-state index in [1.54, 1.807) is 18.7 Å². The number of carbonyl (C=O) groups excluding carboxylic acids is 2. The summed E-state index contributed by atoms with van der Waals surface area (Å²) in [6, 6.07) is 7.43. The van der Waals surface area contributed by atoms with E-state index in [0.29, 0.717) is 25.1 Å². The molecule has 1 aromatic rings. The van der Waals surface area contributed by atoms with Gasteiger partial charge in [-0.3, -0.25) is 4.79 Å². The quantitative estimate of drug-likeness (QED) is 0.796. The van der Waals surface area contributed by atoms with E-state index >= 15 is 0 Å². The Morgan fingerprint density at radius 1 is 1.30 bits per heavy atom. The Morgan fingerprint density at radius 2 is 1.95 bits per heavy atom. The molecule has 0 aliphatic carbocycles. The molecule has 1 fully saturated rings. The molecule has 0 radical (unpaired) electrons. The van der Waals surface area contributed by atoms with Crippen molar-refractivity contribution in [2.24, 2.45) is 0 Å². The molecule has 0 aromatic heterocycles. The van der Waals surface area contributed by atoms with Crippen LogP contribution in [0.5, 0.6) is 0 Å². The zero-order valence-corrected chi connectivity index (χ0v) is 12.3. The molecule has 0 bridgehead atoms. The van der Waals surface area contributed by atoms with E-state index in [2.05, 4.69) is 0 Å². The number of hydrogen-bond acceptors (Lipinski definition) is 3. The Labute approximate surface area is 119 Å². The minimum Gasteiger partial charge on any atom is -0.464 e. The van der Waals surface area contributed by atoms with Gasteiger partial charge in [-0.25, -0.2) is 4.79 Å². The van der Waals surface area contributed by atoms with Crippen LogP contribution in [0.3, 0.4) is 0 Å². The lowest BCUT2D eigenvalue weighted by atomic mass is 9.98. The van der Waals surface area contributed by atoms with Crippen molar-refractivity contribution >= 4 is 11.9 Å². The van der Waals surface area contributed by atoms with Crippen molar-refractivity contribution < 1.29 is 14.3 Å². The van der Waals surface area contributed by atoms with Crippen LogP contribution in [0.25, 0.3) is 0 Å². The molecule has 108 valence electrons. The van der Waals surface area contributed by atoms with Gasteiger partial charge in [-0.2, -0.15) is 0 Å². The van der Waals surface area contributed by atoms with Gasteiger partial charge in [0.15, 0.2) is 0 Å². The number of likely N-dealkylation sites (tertiary alicyclic amines) is 1. The molecule has 1 aliphatic heterocycles. The molecule has 1 unspecified atom stereocenters. The largest absolute Gasteiger partial charge is 0.464 e. The number of aryl methyl sites for hydroxylation is 1. The number of carbonyl (C=O) groups is 2. The first kappa shape index (κ1) is 14.6. The SMILES string of the molecule is CCOC(=O)C1(C)CCCN1C(=O)c1ccc(C)cc1. The van der Waals surface area contributed by atoms with Crippen LogP contribution < -0.4 is 0 Å². The molecule has 1 amide bonds. The maximum Gasteiger partial charge on any atom is 0.331 e. The van der Waals surface area contributed by atoms with Gasteiger partial charge in [0.05, 0.1) is 6.61 Å². The Balaban J connectivity index is 2.24. The van der Waals surface area contributed by atoms with Crippen LogP contribution in [0.1, 0.15) is 42.6 Å². The maximum atomic E-state index is 12.6. The third-order valence-corrected chi connectivity index (χ3v) is 3.90. The van der Waals surface area contributed by atoms with Crippen molar-refractivity contribution in [3.63, 3.8) is 0 Å². The Morgan fingerprint density at radius 3 is 2.55 bits per heavy atom. The van der Waals surface area contributed by atoms with Crippen LogP contribution in [0.2, 0.25) is 0 Å². The van der Waals surface area contributed by atoms with Gasteiger partial charge >= 0.3 is 5.97 Å². The lowest BCUT2D eigenvalue weighted by Gasteiger charge is -2.33. The van der Waals surface area contributed by atoms with E-state index in [9.17, 15) is 9.59 Å². The second kappa shape index (κ2) is 5.65. The summed E-state index contributed by atoms with van der Waals surface area (Å²) < 4.78 is 5.13. The number of esters is 1. The number of amides is 1. The van der Waals surface area contributed by atoms with Crippen LogP contribution >= 0.6 is 0 Å². The minimum atomic E-state index is -0.835. The summed E-state index contributed by atoms with van der Waals surface area (Å²) in [6.45, 7) is 6.49. The monoisotopic (exact) mass is 275 g/mol. The summed E-state index contributed by atoms with van der Waals surface area (Å²) in [5, 5.41) is 0. The van der Waals surface area contributed by atoms with E-state index in [1.165, 1.54) is 0 Å². The van der Waals surface area contributed by atoms with Gasteiger partial charge in [0, 0.05) is 12.1 Å². The molecule has 1 aliphatic rings. The average Bonchev–Trinajstić information content (AvgIpc) is 2.82. The van der Waals surface area contributed by atoms with Gasteiger partial charge in [-0.15, -0.1) is 0 Å². The highest BCUT2D eigenvalue weighted by atomic mass is 16.5. The molecule has 0 spiro atoms. The number of ether oxygens (including phenoxy) is 1. The smallest absolute Gasteiger partial charge is 0.331 e. The minimum absolute atomic E-state index is 0.0990. The zero-order valence-electron chi connectivity index (χ0n) is 12.3.